The van der Waals surface area contributed by atoms with E-state index in [0.29, 0.717) is 46.8 Å². The highest BCUT2D eigenvalue weighted by Gasteiger charge is 2.22. The van der Waals surface area contributed by atoms with E-state index in [2.05, 4.69) is 36.4 Å². The van der Waals surface area contributed by atoms with E-state index in [1.807, 2.05) is 24.3 Å². The molecule has 11 nitrogen and oxygen atoms in total. The summed E-state index contributed by atoms with van der Waals surface area (Å²) in [6, 6.07) is 11.8. The molecule has 0 spiro atoms. The predicted molar refractivity (Wildman–Crippen MR) is 135 cm³/mol. The zero-order valence-electron chi connectivity index (χ0n) is 19.4. The molecular formula is C25H21ClN8O3. The molecule has 37 heavy (non-hydrogen) atoms. The van der Waals surface area contributed by atoms with Crippen molar-refractivity contribution < 1.29 is 14.0 Å². The zero-order valence-corrected chi connectivity index (χ0v) is 20.2. The van der Waals surface area contributed by atoms with Crippen molar-refractivity contribution in [2.24, 2.45) is 0 Å². The Kier molecular flexibility index (Phi) is 7.13. The van der Waals surface area contributed by atoms with Crippen molar-refractivity contribution in [3.8, 4) is 17.1 Å². The molecule has 0 aliphatic carbocycles. The lowest BCUT2D eigenvalue weighted by Crippen LogP contribution is -2.26. The van der Waals surface area contributed by atoms with Gasteiger partial charge in [0.1, 0.15) is 12.4 Å². The van der Waals surface area contributed by atoms with Crippen molar-refractivity contribution in [3.63, 3.8) is 0 Å². The van der Waals surface area contributed by atoms with Crippen LogP contribution < -0.4 is 10.6 Å². The van der Waals surface area contributed by atoms with E-state index < -0.39 is 6.04 Å². The third kappa shape index (κ3) is 5.78. The third-order valence-electron chi connectivity index (χ3n) is 5.56. The molecule has 1 atom stereocenters. The lowest BCUT2D eigenvalue weighted by molar-refractivity contribution is -0.117. The first-order chi connectivity index (χ1) is 18.1. The SMILES string of the molecule is O=C(/C=C\c1cc(Cl)ccc1-n1cnnn1)N[C@H]1CC=CCCC(=O)Nc2ccccc2-c2nnc1o2. The summed E-state index contributed by atoms with van der Waals surface area (Å²) < 4.78 is 7.41. The number of aromatic nitrogens is 6. The quantitative estimate of drug-likeness (QED) is 0.307. The number of benzene rings is 2. The smallest absolute Gasteiger partial charge is 0.249 e. The maximum absolute atomic E-state index is 12.9. The van der Waals surface area contributed by atoms with Crippen LogP contribution in [0.3, 0.4) is 0 Å². The number of hydrogen-bond donors (Lipinski definition) is 2. The standard InChI is InChI=1S/C25H21ClN8O3/c26-17-11-12-21(34-15-27-32-33-34)16(14-17)10-13-23(36)29-20-8-2-1-3-9-22(35)28-19-7-5-4-6-18(19)24-30-31-25(20)37-24/h1-2,4-7,10-15,20H,3,8-9H2,(H,28,35)(H,29,36)/b2-1?,13-10-/t20-/m0/s1. The minimum atomic E-state index is -0.579. The lowest BCUT2D eigenvalue weighted by Gasteiger charge is -2.12. The minimum absolute atomic E-state index is 0.117. The van der Waals surface area contributed by atoms with Crippen molar-refractivity contribution in [3.05, 3.63) is 83.5 Å². The average Bonchev–Trinajstić information content (AvgIpc) is 3.60. The van der Waals surface area contributed by atoms with Gasteiger partial charge in [0.15, 0.2) is 0 Å². The number of halogens is 1. The molecule has 2 aromatic heterocycles. The molecule has 1 aliphatic heterocycles. The van der Waals surface area contributed by atoms with Gasteiger partial charge in [-0.15, -0.1) is 15.3 Å². The van der Waals surface area contributed by atoms with E-state index in [1.165, 1.54) is 17.1 Å². The first kappa shape index (κ1) is 24.1. The van der Waals surface area contributed by atoms with E-state index in [4.69, 9.17) is 16.0 Å². The van der Waals surface area contributed by atoms with Gasteiger partial charge in [0, 0.05) is 23.1 Å². The maximum atomic E-state index is 12.9. The molecule has 0 saturated heterocycles. The summed E-state index contributed by atoms with van der Waals surface area (Å²) in [5.41, 5.74) is 2.49. The van der Waals surface area contributed by atoms with E-state index in [9.17, 15) is 9.59 Å². The number of carbonyl (C=O) groups excluding carboxylic acids is 2. The van der Waals surface area contributed by atoms with Gasteiger partial charge in [0.05, 0.1) is 16.9 Å². The van der Waals surface area contributed by atoms with Crippen LogP contribution in [0.25, 0.3) is 23.2 Å². The summed E-state index contributed by atoms with van der Waals surface area (Å²) >= 11 is 6.16. The van der Waals surface area contributed by atoms with Gasteiger partial charge in [0.2, 0.25) is 23.6 Å². The van der Waals surface area contributed by atoms with Crippen molar-refractivity contribution in [2.45, 2.75) is 25.3 Å². The van der Waals surface area contributed by atoms with Gasteiger partial charge in [-0.3, -0.25) is 9.59 Å². The molecular weight excluding hydrogens is 496 g/mol. The fourth-order valence-electron chi connectivity index (χ4n) is 3.79. The monoisotopic (exact) mass is 516 g/mol. The van der Waals surface area contributed by atoms with Crippen LogP contribution in [0.1, 0.15) is 36.8 Å². The van der Waals surface area contributed by atoms with Crippen molar-refractivity contribution in [1.29, 1.82) is 0 Å². The van der Waals surface area contributed by atoms with Crippen molar-refractivity contribution in [1.82, 2.24) is 35.7 Å². The van der Waals surface area contributed by atoms with Crippen LogP contribution in [0.5, 0.6) is 0 Å². The van der Waals surface area contributed by atoms with Gasteiger partial charge in [-0.25, -0.2) is 0 Å². The number of amides is 2. The lowest BCUT2D eigenvalue weighted by atomic mass is 10.1. The molecule has 0 radical (unpaired) electrons. The Balaban J connectivity index is 1.39. The Morgan fingerprint density at radius 1 is 1.19 bits per heavy atom. The van der Waals surface area contributed by atoms with Gasteiger partial charge in [0.25, 0.3) is 0 Å². The predicted octanol–water partition coefficient (Wildman–Crippen LogP) is 3.92. The van der Waals surface area contributed by atoms with E-state index in [-0.39, 0.29) is 23.6 Å². The summed E-state index contributed by atoms with van der Waals surface area (Å²) in [5.74, 6) is 0.00308. The molecule has 5 rings (SSSR count). The molecule has 1 aliphatic rings. The summed E-state index contributed by atoms with van der Waals surface area (Å²) in [7, 11) is 0. The maximum Gasteiger partial charge on any atom is 0.249 e. The van der Waals surface area contributed by atoms with E-state index in [0.717, 1.165) is 0 Å². The molecule has 2 amide bonds. The summed E-state index contributed by atoms with van der Waals surface area (Å²) in [6.07, 6.45) is 9.51. The second-order valence-corrected chi connectivity index (χ2v) is 8.57. The number of allylic oxidation sites excluding steroid dienone is 1. The Labute approximate surface area is 216 Å². The van der Waals surface area contributed by atoms with Gasteiger partial charge in [-0.2, -0.15) is 4.68 Å². The second kappa shape index (κ2) is 11.0. The fourth-order valence-corrected chi connectivity index (χ4v) is 3.97. The molecule has 2 N–H and O–H groups in total. The normalized spacial score (nSPS) is 15.8. The summed E-state index contributed by atoms with van der Waals surface area (Å²) in [4.78, 5) is 25.2. The number of fused-ring (bicyclic) bond motifs is 4. The first-order valence-corrected chi connectivity index (χ1v) is 11.8. The van der Waals surface area contributed by atoms with Crippen LogP contribution in [-0.2, 0) is 9.59 Å². The van der Waals surface area contributed by atoms with Crippen LogP contribution in [0, 0.1) is 0 Å². The topological polar surface area (TPSA) is 141 Å². The molecule has 4 aromatic rings. The fraction of sp³-hybridized carbons (Fsp3) is 0.160. The number of tetrazole rings is 1. The number of nitrogens with zero attached hydrogens (tertiary/aromatic N) is 6. The number of rotatable bonds is 4. The highest BCUT2D eigenvalue weighted by molar-refractivity contribution is 6.30. The third-order valence-corrected chi connectivity index (χ3v) is 5.80. The summed E-state index contributed by atoms with van der Waals surface area (Å²) in [6.45, 7) is 0. The Bertz CT molecular complexity index is 1480. The highest BCUT2D eigenvalue weighted by atomic mass is 35.5. The van der Waals surface area contributed by atoms with Crippen LogP contribution in [-0.4, -0.2) is 42.2 Å². The minimum Gasteiger partial charge on any atom is -0.418 e. The molecule has 12 heteroatoms. The number of hydrogen-bond acceptors (Lipinski definition) is 8. The van der Waals surface area contributed by atoms with Crippen LogP contribution in [0.4, 0.5) is 5.69 Å². The number of nitrogens with one attached hydrogen (secondary N) is 2. The Hall–Kier alpha value is -4.64. The zero-order chi connectivity index (χ0) is 25.6. The molecule has 2 bridgehead atoms. The Morgan fingerprint density at radius 2 is 2.08 bits per heavy atom. The molecule has 0 fully saturated rings. The average molecular weight is 517 g/mol. The van der Waals surface area contributed by atoms with Crippen LogP contribution in [0.2, 0.25) is 5.02 Å². The van der Waals surface area contributed by atoms with Crippen molar-refractivity contribution in [2.75, 3.05) is 5.32 Å². The van der Waals surface area contributed by atoms with Gasteiger partial charge in [-0.1, -0.05) is 35.9 Å². The van der Waals surface area contributed by atoms with Gasteiger partial charge >= 0.3 is 0 Å². The molecule has 3 heterocycles. The molecule has 0 saturated carbocycles. The van der Waals surface area contributed by atoms with Gasteiger partial charge in [-0.05, 0) is 59.7 Å². The van der Waals surface area contributed by atoms with Crippen molar-refractivity contribution >= 4 is 35.2 Å². The number of carbonyl (C=O) groups is 2. The largest absolute Gasteiger partial charge is 0.418 e. The van der Waals surface area contributed by atoms with Crippen LogP contribution >= 0.6 is 11.6 Å². The van der Waals surface area contributed by atoms with Gasteiger partial charge < -0.3 is 15.1 Å². The van der Waals surface area contributed by atoms with E-state index >= 15 is 0 Å². The molecule has 0 unspecified atom stereocenters. The Morgan fingerprint density at radius 3 is 2.95 bits per heavy atom. The van der Waals surface area contributed by atoms with Crippen LogP contribution in [0.15, 0.2) is 71.4 Å². The number of para-hydroxylation sites is 1. The number of anilines is 1. The molecule has 2 aromatic carbocycles. The summed E-state index contributed by atoms with van der Waals surface area (Å²) in [5, 5.41) is 25.8. The highest BCUT2D eigenvalue weighted by Crippen LogP contribution is 2.29. The molecule has 186 valence electrons. The van der Waals surface area contributed by atoms with E-state index in [1.54, 1.807) is 36.4 Å². The first-order valence-electron chi connectivity index (χ1n) is 11.5. The second-order valence-electron chi connectivity index (χ2n) is 8.14.